The fraction of sp³-hybridized carbons (Fsp3) is 0.786. The third-order valence-corrected chi connectivity index (χ3v) is 3.85. The van der Waals surface area contributed by atoms with Crippen molar-refractivity contribution in [2.45, 2.75) is 58.4 Å². The van der Waals surface area contributed by atoms with Gasteiger partial charge in [0.2, 0.25) is 11.8 Å². The number of carboxylic acid groups (broad SMARTS) is 1. The number of rotatable bonds is 7. The first-order valence-corrected chi connectivity index (χ1v) is 7.09. The molecule has 0 aromatic rings. The van der Waals surface area contributed by atoms with Crippen molar-refractivity contribution in [3.8, 4) is 0 Å². The molecule has 0 aromatic heterocycles. The minimum atomic E-state index is -1.23. The minimum Gasteiger partial charge on any atom is -0.480 e. The minimum absolute atomic E-state index is 0.252. The molecule has 0 heterocycles. The highest BCUT2D eigenvalue weighted by Crippen LogP contribution is 2.43. The summed E-state index contributed by atoms with van der Waals surface area (Å²) in [6, 6.07) is -1.23. The van der Waals surface area contributed by atoms with Gasteiger partial charge in [-0.1, -0.05) is 26.7 Å². The number of amides is 2. The monoisotopic (exact) mass is 284 g/mol. The van der Waals surface area contributed by atoms with Crippen molar-refractivity contribution in [3.05, 3.63) is 0 Å². The van der Waals surface area contributed by atoms with Crippen LogP contribution in [0.1, 0.15) is 52.4 Å². The summed E-state index contributed by atoms with van der Waals surface area (Å²) in [5, 5.41) is 11.6. The van der Waals surface area contributed by atoms with E-state index in [1.165, 1.54) is 0 Å². The fourth-order valence-corrected chi connectivity index (χ4v) is 3.07. The van der Waals surface area contributed by atoms with Crippen LogP contribution in [-0.4, -0.2) is 28.9 Å². The Labute approximate surface area is 119 Å². The molecular formula is C14H24N2O4. The number of primary amides is 1. The molecule has 0 aromatic carbocycles. The highest BCUT2D eigenvalue weighted by molar-refractivity contribution is 5.90. The van der Waals surface area contributed by atoms with E-state index in [4.69, 9.17) is 10.8 Å². The molecule has 1 atom stereocenters. The van der Waals surface area contributed by atoms with E-state index in [0.717, 1.165) is 32.1 Å². The first kappa shape index (κ1) is 16.5. The second-order valence-electron chi connectivity index (χ2n) is 6.12. The number of nitrogens with two attached hydrogens (primary N) is 1. The van der Waals surface area contributed by atoms with E-state index in [0.29, 0.717) is 5.92 Å². The number of carbonyl (C=O) groups excluding carboxylic acids is 2. The lowest BCUT2D eigenvalue weighted by atomic mass is 9.77. The number of carbonyl (C=O) groups is 3. The summed E-state index contributed by atoms with van der Waals surface area (Å²) in [4.78, 5) is 34.4. The molecule has 2 amide bonds. The maximum Gasteiger partial charge on any atom is 0.326 e. The second kappa shape index (κ2) is 6.72. The molecule has 114 valence electrons. The normalized spacial score (nSPS) is 18.8. The average molecular weight is 284 g/mol. The molecule has 1 unspecified atom stereocenters. The Hall–Kier alpha value is -1.59. The van der Waals surface area contributed by atoms with Gasteiger partial charge < -0.3 is 16.2 Å². The predicted octanol–water partition coefficient (Wildman–Crippen LogP) is 1.04. The van der Waals surface area contributed by atoms with Gasteiger partial charge in [0, 0.05) is 5.41 Å². The van der Waals surface area contributed by atoms with Crippen LogP contribution in [0.25, 0.3) is 0 Å². The van der Waals surface area contributed by atoms with E-state index in [1.54, 1.807) is 0 Å². The van der Waals surface area contributed by atoms with Gasteiger partial charge in [-0.3, -0.25) is 9.59 Å². The molecule has 1 aliphatic rings. The van der Waals surface area contributed by atoms with E-state index < -0.39 is 23.3 Å². The lowest BCUT2D eigenvalue weighted by molar-refractivity contribution is -0.145. The fourth-order valence-electron chi connectivity index (χ4n) is 3.07. The quantitative estimate of drug-likeness (QED) is 0.648. The van der Waals surface area contributed by atoms with Crippen LogP contribution in [0.3, 0.4) is 0 Å². The zero-order valence-corrected chi connectivity index (χ0v) is 12.1. The molecule has 6 heteroatoms. The highest BCUT2D eigenvalue weighted by atomic mass is 16.4. The summed E-state index contributed by atoms with van der Waals surface area (Å²) < 4.78 is 0. The molecule has 1 aliphatic carbocycles. The molecule has 0 aliphatic heterocycles. The van der Waals surface area contributed by atoms with Gasteiger partial charge in [-0.05, 0) is 25.2 Å². The number of hydrogen-bond donors (Lipinski definition) is 3. The van der Waals surface area contributed by atoms with Crippen molar-refractivity contribution in [1.29, 1.82) is 0 Å². The topological polar surface area (TPSA) is 109 Å². The van der Waals surface area contributed by atoms with Crippen LogP contribution in [0, 0.1) is 11.3 Å². The van der Waals surface area contributed by atoms with Gasteiger partial charge in [-0.25, -0.2) is 4.79 Å². The van der Waals surface area contributed by atoms with Crippen molar-refractivity contribution in [3.63, 3.8) is 0 Å². The van der Waals surface area contributed by atoms with Crippen molar-refractivity contribution in [1.82, 2.24) is 5.32 Å². The molecule has 6 nitrogen and oxygen atoms in total. The summed E-state index contributed by atoms with van der Waals surface area (Å²) in [6.07, 6.45) is 3.88. The molecule has 20 heavy (non-hydrogen) atoms. The number of aliphatic carboxylic acids is 1. The summed E-state index contributed by atoms with van der Waals surface area (Å²) >= 11 is 0. The molecule has 0 saturated heterocycles. The predicted molar refractivity (Wildman–Crippen MR) is 73.7 cm³/mol. The Balaban J connectivity index is 2.79. The number of carboxylic acids is 1. The van der Waals surface area contributed by atoms with Crippen LogP contribution in [0.15, 0.2) is 0 Å². The van der Waals surface area contributed by atoms with E-state index >= 15 is 0 Å². The number of nitrogens with one attached hydrogen (secondary N) is 1. The average Bonchev–Trinajstić information content (AvgIpc) is 2.76. The van der Waals surface area contributed by atoms with Gasteiger partial charge in [0.15, 0.2) is 0 Å². The molecule has 1 saturated carbocycles. The summed E-state index contributed by atoms with van der Waals surface area (Å²) in [6.45, 7) is 4.09. The highest BCUT2D eigenvalue weighted by Gasteiger charge is 2.42. The Bertz CT molecular complexity index is 387. The summed E-state index contributed by atoms with van der Waals surface area (Å²) in [5.74, 6) is -1.85. The van der Waals surface area contributed by atoms with Crippen LogP contribution >= 0.6 is 0 Å². The SMILES string of the molecule is CC(C)CC1(C(=O)NC(CC(N)=O)C(=O)O)CCCC1. The maximum atomic E-state index is 12.5. The summed E-state index contributed by atoms with van der Waals surface area (Å²) in [5.41, 5.74) is 4.53. The molecule has 1 rings (SSSR count). The van der Waals surface area contributed by atoms with Crippen molar-refractivity contribution in [2.75, 3.05) is 0 Å². The van der Waals surface area contributed by atoms with Crippen LogP contribution in [0.5, 0.6) is 0 Å². The molecule has 0 bridgehead atoms. The van der Waals surface area contributed by atoms with Crippen molar-refractivity contribution >= 4 is 17.8 Å². The van der Waals surface area contributed by atoms with Crippen LogP contribution in [0.2, 0.25) is 0 Å². The third-order valence-electron chi connectivity index (χ3n) is 3.85. The van der Waals surface area contributed by atoms with Gasteiger partial charge >= 0.3 is 5.97 Å². The first-order chi connectivity index (χ1) is 9.27. The zero-order chi connectivity index (χ0) is 15.3. The number of hydrogen-bond acceptors (Lipinski definition) is 3. The smallest absolute Gasteiger partial charge is 0.326 e. The lowest BCUT2D eigenvalue weighted by Crippen LogP contribution is -2.49. The van der Waals surface area contributed by atoms with Gasteiger partial charge in [0.25, 0.3) is 0 Å². The van der Waals surface area contributed by atoms with Gasteiger partial charge in [0.05, 0.1) is 6.42 Å². The molecular weight excluding hydrogens is 260 g/mol. The Morgan fingerprint density at radius 3 is 2.20 bits per heavy atom. The second-order valence-corrected chi connectivity index (χ2v) is 6.12. The van der Waals surface area contributed by atoms with Crippen molar-refractivity contribution < 1.29 is 19.5 Å². The van der Waals surface area contributed by atoms with Gasteiger partial charge in [0.1, 0.15) is 6.04 Å². The Morgan fingerprint density at radius 1 is 1.25 bits per heavy atom. The largest absolute Gasteiger partial charge is 0.480 e. The first-order valence-electron chi connectivity index (χ1n) is 7.09. The molecule has 0 spiro atoms. The van der Waals surface area contributed by atoms with Gasteiger partial charge in [-0.2, -0.15) is 0 Å². The molecule has 1 fully saturated rings. The van der Waals surface area contributed by atoms with E-state index in [1.807, 2.05) is 13.8 Å². The van der Waals surface area contributed by atoms with Gasteiger partial charge in [-0.15, -0.1) is 0 Å². The van der Waals surface area contributed by atoms with E-state index in [2.05, 4.69) is 5.32 Å². The van der Waals surface area contributed by atoms with E-state index in [-0.39, 0.29) is 12.3 Å². The Morgan fingerprint density at radius 2 is 1.80 bits per heavy atom. The maximum absolute atomic E-state index is 12.5. The zero-order valence-electron chi connectivity index (χ0n) is 12.1. The molecule has 4 N–H and O–H groups in total. The van der Waals surface area contributed by atoms with Crippen LogP contribution in [0.4, 0.5) is 0 Å². The van der Waals surface area contributed by atoms with Crippen LogP contribution in [-0.2, 0) is 14.4 Å². The van der Waals surface area contributed by atoms with Crippen LogP contribution < -0.4 is 11.1 Å². The third kappa shape index (κ3) is 4.21. The molecule has 0 radical (unpaired) electrons. The standard InChI is InChI=1S/C14H24N2O4/c1-9(2)8-14(5-3-4-6-14)13(20)16-10(12(18)19)7-11(15)17/h9-10H,3-8H2,1-2H3,(H2,15,17)(H,16,20)(H,18,19). The summed E-state index contributed by atoms with van der Waals surface area (Å²) in [7, 11) is 0. The lowest BCUT2D eigenvalue weighted by Gasteiger charge is -2.30. The Kier molecular flexibility index (Phi) is 5.53. The van der Waals surface area contributed by atoms with Crippen molar-refractivity contribution in [2.24, 2.45) is 17.1 Å². The van der Waals surface area contributed by atoms with E-state index in [9.17, 15) is 14.4 Å².